The first kappa shape index (κ1) is 16.0. The van der Waals surface area contributed by atoms with E-state index in [0.717, 1.165) is 22.9 Å². The van der Waals surface area contributed by atoms with E-state index in [1.54, 1.807) is 0 Å². The zero-order valence-corrected chi connectivity index (χ0v) is 14.2. The molecule has 4 heteroatoms. The fraction of sp³-hybridized carbons (Fsp3) is 0.200. The number of hydrogen-bond acceptors (Lipinski definition) is 4. The second-order valence-electron chi connectivity index (χ2n) is 6.08. The van der Waals surface area contributed by atoms with Crippen LogP contribution in [0.25, 0.3) is 0 Å². The van der Waals surface area contributed by atoms with Gasteiger partial charge in [-0.05, 0) is 36.6 Å². The quantitative estimate of drug-likeness (QED) is 0.661. The van der Waals surface area contributed by atoms with Gasteiger partial charge in [-0.15, -0.1) is 0 Å². The number of nitrogens with one attached hydrogen (secondary N) is 2. The topological polar surface area (TPSA) is 49.8 Å². The van der Waals surface area contributed by atoms with Crippen LogP contribution in [0.15, 0.2) is 60.7 Å². The maximum Gasteiger partial charge on any atom is 0.229 e. The molecular formula is C20H22N4. The molecule has 0 saturated heterocycles. The van der Waals surface area contributed by atoms with Gasteiger partial charge < -0.3 is 10.6 Å². The predicted octanol–water partition coefficient (Wildman–Crippen LogP) is 5.40. The number of nitrogens with zero attached hydrogens (tertiary/aromatic N) is 2. The zero-order chi connectivity index (χ0) is 16.9. The van der Waals surface area contributed by atoms with Gasteiger partial charge in [0.05, 0.1) is 0 Å². The van der Waals surface area contributed by atoms with E-state index in [4.69, 9.17) is 0 Å². The van der Waals surface area contributed by atoms with Gasteiger partial charge >= 0.3 is 0 Å². The molecule has 24 heavy (non-hydrogen) atoms. The lowest BCUT2D eigenvalue weighted by atomic mass is 10.0. The number of anilines is 4. The molecule has 0 unspecified atom stereocenters. The van der Waals surface area contributed by atoms with Crippen LogP contribution in [-0.4, -0.2) is 9.97 Å². The van der Waals surface area contributed by atoms with Crippen molar-refractivity contribution in [2.45, 2.75) is 26.7 Å². The average Bonchev–Trinajstić information content (AvgIpc) is 2.55. The van der Waals surface area contributed by atoms with Crippen molar-refractivity contribution in [2.24, 2.45) is 0 Å². The Balaban J connectivity index is 1.87. The van der Waals surface area contributed by atoms with Crippen LogP contribution in [0.5, 0.6) is 0 Å². The average molecular weight is 318 g/mol. The van der Waals surface area contributed by atoms with Crippen LogP contribution in [0.1, 0.15) is 31.0 Å². The SMILES string of the molecule is Cc1cc(Nc2ccccc2)nc(Nc2ccccc2C(C)C)n1. The fourth-order valence-corrected chi connectivity index (χ4v) is 2.59. The van der Waals surface area contributed by atoms with Crippen LogP contribution in [0.2, 0.25) is 0 Å². The van der Waals surface area contributed by atoms with E-state index in [0.29, 0.717) is 11.9 Å². The molecule has 0 atom stereocenters. The van der Waals surface area contributed by atoms with Crippen molar-refractivity contribution in [3.8, 4) is 0 Å². The molecule has 2 N–H and O–H groups in total. The summed E-state index contributed by atoms with van der Waals surface area (Å²) in [7, 11) is 0. The minimum Gasteiger partial charge on any atom is -0.340 e. The standard InChI is InChI=1S/C20H22N4/c1-14(2)17-11-7-8-12-18(17)23-20-21-15(3)13-19(24-20)22-16-9-5-4-6-10-16/h4-14H,1-3H3,(H2,21,22,23,24). The van der Waals surface area contributed by atoms with E-state index in [-0.39, 0.29) is 0 Å². The molecule has 0 spiro atoms. The molecule has 122 valence electrons. The first-order valence-electron chi connectivity index (χ1n) is 8.15. The van der Waals surface area contributed by atoms with E-state index < -0.39 is 0 Å². The Kier molecular flexibility index (Phi) is 4.75. The third-order valence-corrected chi connectivity index (χ3v) is 3.73. The number of benzene rings is 2. The van der Waals surface area contributed by atoms with Gasteiger partial charge in [-0.25, -0.2) is 4.98 Å². The van der Waals surface area contributed by atoms with Crippen molar-refractivity contribution in [1.29, 1.82) is 0 Å². The van der Waals surface area contributed by atoms with Gasteiger partial charge in [-0.3, -0.25) is 0 Å². The van der Waals surface area contributed by atoms with Crippen molar-refractivity contribution in [2.75, 3.05) is 10.6 Å². The highest BCUT2D eigenvalue weighted by Gasteiger charge is 2.08. The fourth-order valence-electron chi connectivity index (χ4n) is 2.59. The molecule has 0 aliphatic carbocycles. The van der Waals surface area contributed by atoms with Crippen LogP contribution in [0, 0.1) is 6.92 Å². The second-order valence-corrected chi connectivity index (χ2v) is 6.08. The molecule has 0 aliphatic rings. The third-order valence-electron chi connectivity index (χ3n) is 3.73. The highest BCUT2D eigenvalue weighted by molar-refractivity contribution is 5.62. The maximum absolute atomic E-state index is 4.59. The van der Waals surface area contributed by atoms with E-state index in [1.807, 2.05) is 49.4 Å². The molecule has 3 aromatic rings. The Hall–Kier alpha value is -2.88. The van der Waals surface area contributed by atoms with Crippen molar-refractivity contribution in [3.05, 3.63) is 71.9 Å². The van der Waals surface area contributed by atoms with E-state index in [9.17, 15) is 0 Å². The molecular weight excluding hydrogens is 296 g/mol. The Morgan fingerprint density at radius 3 is 2.29 bits per heavy atom. The van der Waals surface area contributed by atoms with Crippen molar-refractivity contribution in [1.82, 2.24) is 9.97 Å². The molecule has 1 aromatic heterocycles. The lowest BCUT2D eigenvalue weighted by molar-refractivity contribution is 0.868. The maximum atomic E-state index is 4.59. The molecule has 0 radical (unpaired) electrons. The van der Waals surface area contributed by atoms with Crippen LogP contribution in [0.4, 0.5) is 23.1 Å². The number of para-hydroxylation sites is 2. The second kappa shape index (κ2) is 7.13. The number of aryl methyl sites for hydroxylation is 1. The van der Waals surface area contributed by atoms with Gasteiger partial charge in [0.15, 0.2) is 0 Å². The van der Waals surface area contributed by atoms with Gasteiger partial charge in [0.2, 0.25) is 5.95 Å². The summed E-state index contributed by atoms with van der Waals surface area (Å²) in [6, 6.07) is 20.2. The summed E-state index contributed by atoms with van der Waals surface area (Å²) >= 11 is 0. The minimum absolute atomic E-state index is 0.431. The molecule has 0 saturated carbocycles. The highest BCUT2D eigenvalue weighted by atomic mass is 15.1. The summed E-state index contributed by atoms with van der Waals surface area (Å²) in [5.74, 6) is 1.81. The Labute approximate surface area is 143 Å². The lowest BCUT2D eigenvalue weighted by Gasteiger charge is -2.14. The van der Waals surface area contributed by atoms with Crippen molar-refractivity contribution in [3.63, 3.8) is 0 Å². The summed E-state index contributed by atoms with van der Waals surface area (Å²) in [5, 5.41) is 6.68. The molecule has 4 nitrogen and oxygen atoms in total. The summed E-state index contributed by atoms with van der Waals surface area (Å²) in [6.45, 7) is 6.33. The smallest absolute Gasteiger partial charge is 0.229 e. The van der Waals surface area contributed by atoms with Gasteiger partial charge in [-0.2, -0.15) is 4.98 Å². The van der Waals surface area contributed by atoms with Crippen LogP contribution >= 0.6 is 0 Å². The van der Waals surface area contributed by atoms with E-state index in [2.05, 4.69) is 52.6 Å². The molecule has 0 bridgehead atoms. The lowest BCUT2D eigenvalue weighted by Crippen LogP contribution is -2.04. The first-order valence-corrected chi connectivity index (χ1v) is 8.15. The predicted molar refractivity (Wildman–Crippen MR) is 100 cm³/mol. The number of rotatable bonds is 5. The summed E-state index contributed by atoms with van der Waals surface area (Å²) in [5.41, 5.74) is 4.21. The molecule has 0 fully saturated rings. The van der Waals surface area contributed by atoms with E-state index in [1.165, 1.54) is 5.56 Å². The summed E-state index contributed by atoms with van der Waals surface area (Å²) < 4.78 is 0. The van der Waals surface area contributed by atoms with Crippen LogP contribution in [0.3, 0.4) is 0 Å². The first-order chi connectivity index (χ1) is 11.6. The van der Waals surface area contributed by atoms with Crippen LogP contribution in [-0.2, 0) is 0 Å². The normalized spacial score (nSPS) is 10.7. The zero-order valence-electron chi connectivity index (χ0n) is 14.2. The van der Waals surface area contributed by atoms with Crippen molar-refractivity contribution >= 4 is 23.1 Å². The Morgan fingerprint density at radius 1 is 0.833 bits per heavy atom. The largest absolute Gasteiger partial charge is 0.340 e. The van der Waals surface area contributed by atoms with Gasteiger partial charge in [0, 0.05) is 23.1 Å². The van der Waals surface area contributed by atoms with Gasteiger partial charge in [0.1, 0.15) is 5.82 Å². The van der Waals surface area contributed by atoms with Crippen LogP contribution < -0.4 is 10.6 Å². The van der Waals surface area contributed by atoms with Gasteiger partial charge in [-0.1, -0.05) is 50.2 Å². The molecule has 0 amide bonds. The molecule has 0 aliphatic heterocycles. The summed E-state index contributed by atoms with van der Waals surface area (Å²) in [6.07, 6.45) is 0. The monoisotopic (exact) mass is 318 g/mol. The third kappa shape index (κ3) is 3.90. The number of hydrogen-bond donors (Lipinski definition) is 2. The van der Waals surface area contributed by atoms with Gasteiger partial charge in [0.25, 0.3) is 0 Å². The minimum atomic E-state index is 0.431. The highest BCUT2D eigenvalue weighted by Crippen LogP contribution is 2.26. The Bertz CT molecular complexity index is 813. The summed E-state index contributed by atoms with van der Waals surface area (Å²) in [4.78, 5) is 9.10. The molecule has 1 heterocycles. The van der Waals surface area contributed by atoms with Crippen molar-refractivity contribution < 1.29 is 0 Å². The number of aromatic nitrogens is 2. The molecule has 3 rings (SSSR count). The van der Waals surface area contributed by atoms with E-state index >= 15 is 0 Å². The Morgan fingerprint density at radius 2 is 1.54 bits per heavy atom. The molecule has 2 aromatic carbocycles.